The topological polar surface area (TPSA) is 29.1 Å². The van der Waals surface area contributed by atoms with Crippen LogP contribution in [0, 0.1) is 0 Å². The Labute approximate surface area is 85.1 Å². The van der Waals surface area contributed by atoms with Gasteiger partial charge in [-0.1, -0.05) is 29.8 Å². The molecule has 13 heavy (non-hydrogen) atoms. The molecule has 0 radical (unpaired) electrons. The van der Waals surface area contributed by atoms with E-state index >= 15 is 0 Å². The van der Waals surface area contributed by atoms with E-state index in [1.54, 1.807) is 12.1 Å². The number of anilines is 1. The summed E-state index contributed by atoms with van der Waals surface area (Å²) in [5.41, 5.74) is 1.82. The van der Waals surface area contributed by atoms with E-state index in [2.05, 4.69) is 11.9 Å². The predicted octanol–water partition coefficient (Wildman–Crippen LogP) is 2.96. The highest BCUT2D eigenvalue weighted by Crippen LogP contribution is 2.36. The first kappa shape index (κ1) is 8.60. The Balaban J connectivity index is 2.66. The first-order chi connectivity index (χ1) is 6.09. The standard InChI is InChI=1S/C9H5Cl2NO/c1-4-5-2-6(10)7(11)3-8(5)12-9(4)13/h2-3H,1H2,(H,12,13). The number of benzene rings is 1. The molecule has 0 aromatic heterocycles. The molecule has 66 valence electrons. The molecule has 0 bridgehead atoms. The Hall–Kier alpha value is -0.990. The Bertz CT molecular complexity index is 426. The second-order valence-corrected chi connectivity index (χ2v) is 3.56. The molecule has 0 aliphatic carbocycles. The van der Waals surface area contributed by atoms with Crippen molar-refractivity contribution in [3.05, 3.63) is 34.3 Å². The van der Waals surface area contributed by atoms with Gasteiger partial charge in [0.1, 0.15) is 0 Å². The maximum Gasteiger partial charge on any atom is 0.255 e. The van der Waals surface area contributed by atoms with Gasteiger partial charge < -0.3 is 5.32 Å². The third kappa shape index (κ3) is 1.23. The van der Waals surface area contributed by atoms with Crippen LogP contribution in [0.15, 0.2) is 18.7 Å². The number of hydrogen-bond acceptors (Lipinski definition) is 1. The van der Waals surface area contributed by atoms with Crippen LogP contribution in [0.1, 0.15) is 5.56 Å². The lowest BCUT2D eigenvalue weighted by atomic mass is 10.1. The summed E-state index contributed by atoms with van der Waals surface area (Å²) in [5.74, 6) is -0.201. The molecular weight excluding hydrogens is 209 g/mol. The Kier molecular flexibility index (Phi) is 1.82. The third-order valence-electron chi connectivity index (χ3n) is 1.91. The van der Waals surface area contributed by atoms with Crippen molar-refractivity contribution in [3.8, 4) is 0 Å². The molecule has 1 aliphatic heterocycles. The number of carbonyl (C=O) groups is 1. The van der Waals surface area contributed by atoms with Gasteiger partial charge in [0.05, 0.1) is 15.7 Å². The van der Waals surface area contributed by atoms with Gasteiger partial charge in [-0.15, -0.1) is 0 Å². The lowest BCUT2D eigenvalue weighted by Crippen LogP contribution is -2.02. The van der Waals surface area contributed by atoms with Crippen LogP contribution in [0.2, 0.25) is 10.0 Å². The van der Waals surface area contributed by atoms with E-state index in [-0.39, 0.29) is 5.91 Å². The maximum absolute atomic E-state index is 11.2. The van der Waals surface area contributed by atoms with Gasteiger partial charge in [0.25, 0.3) is 5.91 Å². The second-order valence-electron chi connectivity index (χ2n) is 2.74. The number of rotatable bonds is 0. The normalized spacial score (nSPS) is 14.3. The molecule has 0 fully saturated rings. The van der Waals surface area contributed by atoms with Crippen LogP contribution in [0.4, 0.5) is 5.69 Å². The van der Waals surface area contributed by atoms with Crippen LogP contribution in [0.3, 0.4) is 0 Å². The summed E-state index contributed by atoms with van der Waals surface area (Å²) in [4.78, 5) is 11.2. The molecule has 4 heteroatoms. The van der Waals surface area contributed by atoms with Gasteiger partial charge in [-0.05, 0) is 12.1 Å². The Morgan fingerprint density at radius 2 is 1.85 bits per heavy atom. The molecule has 2 rings (SSSR count). The largest absolute Gasteiger partial charge is 0.321 e. The van der Waals surface area contributed by atoms with Gasteiger partial charge in [-0.2, -0.15) is 0 Å². The van der Waals surface area contributed by atoms with Crippen molar-refractivity contribution in [2.24, 2.45) is 0 Å². The van der Waals surface area contributed by atoms with Gasteiger partial charge in [0.15, 0.2) is 0 Å². The fourth-order valence-electron chi connectivity index (χ4n) is 1.22. The molecule has 0 atom stereocenters. The number of fused-ring (bicyclic) bond motifs is 1. The summed E-state index contributed by atoms with van der Waals surface area (Å²) in [7, 11) is 0. The average molecular weight is 214 g/mol. The predicted molar refractivity (Wildman–Crippen MR) is 54.1 cm³/mol. The summed E-state index contributed by atoms with van der Waals surface area (Å²) >= 11 is 11.6. The minimum Gasteiger partial charge on any atom is -0.321 e. The molecule has 0 saturated carbocycles. The smallest absolute Gasteiger partial charge is 0.255 e. The molecule has 1 heterocycles. The van der Waals surface area contributed by atoms with E-state index < -0.39 is 0 Å². The lowest BCUT2D eigenvalue weighted by Gasteiger charge is -2.00. The van der Waals surface area contributed by atoms with Gasteiger partial charge in [0, 0.05) is 11.1 Å². The van der Waals surface area contributed by atoms with Gasteiger partial charge >= 0.3 is 0 Å². The average Bonchev–Trinajstić information content (AvgIpc) is 2.32. The molecule has 0 spiro atoms. The molecule has 1 aromatic carbocycles. The zero-order valence-electron chi connectivity index (χ0n) is 6.53. The molecule has 1 N–H and O–H groups in total. The van der Waals surface area contributed by atoms with Crippen molar-refractivity contribution in [2.45, 2.75) is 0 Å². The highest BCUT2D eigenvalue weighted by molar-refractivity contribution is 6.43. The van der Waals surface area contributed by atoms with E-state index in [1.165, 1.54) is 0 Å². The summed E-state index contributed by atoms with van der Waals surface area (Å²) in [6.07, 6.45) is 0. The summed E-state index contributed by atoms with van der Waals surface area (Å²) < 4.78 is 0. The minimum absolute atomic E-state index is 0.201. The number of halogens is 2. The Morgan fingerprint density at radius 3 is 2.54 bits per heavy atom. The van der Waals surface area contributed by atoms with E-state index in [4.69, 9.17) is 23.2 Å². The van der Waals surface area contributed by atoms with E-state index in [0.29, 0.717) is 21.3 Å². The van der Waals surface area contributed by atoms with Gasteiger partial charge in [-0.3, -0.25) is 4.79 Å². The van der Waals surface area contributed by atoms with Crippen molar-refractivity contribution in [2.75, 3.05) is 5.32 Å². The highest BCUT2D eigenvalue weighted by Gasteiger charge is 2.23. The van der Waals surface area contributed by atoms with Crippen LogP contribution < -0.4 is 5.32 Å². The lowest BCUT2D eigenvalue weighted by molar-refractivity contribution is -0.110. The third-order valence-corrected chi connectivity index (χ3v) is 2.63. The van der Waals surface area contributed by atoms with Crippen molar-refractivity contribution >= 4 is 40.4 Å². The molecule has 1 amide bonds. The summed E-state index contributed by atoms with van der Waals surface area (Å²) in [6, 6.07) is 3.26. The van der Waals surface area contributed by atoms with Crippen LogP contribution in [0.5, 0.6) is 0 Å². The van der Waals surface area contributed by atoms with Crippen molar-refractivity contribution in [3.63, 3.8) is 0 Å². The van der Waals surface area contributed by atoms with Crippen LogP contribution >= 0.6 is 23.2 Å². The monoisotopic (exact) mass is 213 g/mol. The molecular formula is C9H5Cl2NO. The quantitative estimate of drug-likeness (QED) is 0.661. The molecule has 0 unspecified atom stereocenters. The SMILES string of the molecule is C=C1C(=O)Nc2cc(Cl)c(Cl)cc21. The van der Waals surface area contributed by atoms with Crippen LogP contribution in [-0.2, 0) is 4.79 Å². The van der Waals surface area contributed by atoms with Crippen molar-refractivity contribution < 1.29 is 4.79 Å². The van der Waals surface area contributed by atoms with Crippen LogP contribution in [0.25, 0.3) is 5.57 Å². The van der Waals surface area contributed by atoms with E-state index in [1.807, 2.05) is 0 Å². The zero-order valence-corrected chi connectivity index (χ0v) is 8.04. The minimum atomic E-state index is -0.201. The molecule has 0 saturated heterocycles. The number of hydrogen-bond donors (Lipinski definition) is 1. The molecule has 1 aromatic rings. The Morgan fingerprint density at radius 1 is 1.23 bits per heavy atom. The van der Waals surface area contributed by atoms with Crippen molar-refractivity contribution in [1.29, 1.82) is 0 Å². The molecule has 1 aliphatic rings. The van der Waals surface area contributed by atoms with Gasteiger partial charge in [0.2, 0.25) is 0 Å². The first-order valence-corrected chi connectivity index (χ1v) is 4.35. The fourth-order valence-corrected chi connectivity index (χ4v) is 1.55. The second kappa shape index (κ2) is 2.76. The fraction of sp³-hybridized carbons (Fsp3) is 0. The molecule has 2 nitrogen and oxygen atoms in total. The van der Waals surface area contributed by atoms with E-state index in [9.17, 15) is 4.79 Å². The number of nitrogens with one attached hydrogen (secondary N) is 1. The summed E-state index contributed by atoms with van der Waals surface area (Å²) in [5, 5.41) is 3.49. The maximum atomic E-state index is 11.2. The summed E-state index contributed by atoms with van der Waals surface area (Å²) in [6.45, 7) is 3.63. The van der Waals surface area contributed by atoms with Gasteiger partial charge in [-0.25, -0.2) is 0 Å². The highest BCUT2D eigenvalue weighted by atomic mass is 35.5. The van der Waals surface area contributed by atoms with Crippen molar-refractivity contribution in [1.82, 2.24) is 0 Å². The van der Waals surface area contributed by atoms with E-state index in [0.717, 1.165) is 5.56 Å². The number of amides is 1. The zero-order chi connectivity index (χ0) is 9.59. The van der Waals surface area contributed by atoms with Crippen LogP contribution in [-0.4, -0.2) is 5.91 Å². The first-order valence-electron chi connectivity index (χ1n) is 3.59. The number of carbonyl (C=O) groups excluding carboxylic acids is 1.